The van der Waals surface area contributed by atoms with Crippen LogP contribution in [0, 0.1) is 0 Å². The fraction of sp³-hybridized carbons (Fsp3) is 0.263. The third-order valence-electron chi connectivity index (χ3n) is 3.54. The highest BCUT2D eigenvalue weighted by molar-refractivity contribution is 7.89. The van der Waals surface area contributed by atoms with E-state index in [1.54, 1.807) is 26.0 Å². The zero-order chi connectivity index (χ0) is 20.9. The predicted octanol–water partition coefficient (Wildman–Crippen LogP) is 3.21. The lowest BCUT2D eigenvalue weighted by Crippen LogP contribution is -2.30. The van der Waals surface area contributed by atoms with Crippen LogP contribution in [-0.4, -0.2) is 32.4 Å². The Morgan fingerprint density at radius 1 is 1.04 bits per heavy atom. The van der Waals surface area contributed by atoms with Crippen molar-refractivity contribution in [2.75, 3.05) is 5.32 Å². The van der Waals surface area contributed by atoms with E-state index < -0.39 is 28.0 Å². The van der Waals surface area contributed by atoms with Crippen molar-refractivity contribution in [1.29, 1.82) is 0 Å². The molecule has 0 radical (unpaired) electrons. The number of sulfonamides is 1. The van der Waals surface area contributed by atoms with Gasteiger partial charge >= 0.3 is 5.97 Å². The molecule has 0 aliphatic rings. The van der Waals surface area contributed by atoms with Crippen LogP contribution in [0.1, 0.15) is 31.1 Å². The van der Waals surface area contributed by atoms with Crippen LogP contribution in [0.25, 0.3) is 0 Å². The molecule has 0 heterocycles. The van der Waals surface area contributed by atoms with Gasteiger partial charge in [-0.15, -0.1) is 0 Å². The molecule has 0 unspecified atom stereocenters. The molecule has 0 aliphatic heterocycles. The predicted molar refractivity (Wildman–Crippen MR) is 107 cm³/mol. The third-order valence-corrected chi connectivity index (χ3v) is 5.45. The maximum atomic E-state index is 12.2. The molecule has 150 valence electrons. The second-order valence-electron chi connectivity index (χ2n) is 6.35. The molecule has 0 saturated carbocycles. The van der Waals surface area contributed by atoms with Gasteiger partial charge in [-0.3, -0.25) is 4.79 Å². The number of amides is 1. The van der Waals surface area contributed by atoms with Crippen molar-refractivity contribution in [3.63, 3.8) is 0 Å². The van der Waals surface area contributed by atoms with Gasteiger partial charge in [-0.05, 0) is 63.2 Å². The van der Waals surface area contributed by atoms with Gasteiger partial charge in [-0.1, -0.05) is 17.7 Å². The second kappa shape index (κ2) is 9.18. The molecule has 2 aromatic carbocycles. The van der Waals surface area contributed by atoms with Crippen LogP contribution in [0.15, 0.2) is 53.4 Å². The highest BCUT2D eigenvalue weighted by atomic mass is 35.5. The Balaban J connectivity index is 1.99. The summed E-state index contributed by atoms with van der Waals surface area (Å²) in [5, 5.41) is 2.95. The molecular formula is C19H21ClN2O5S. The van der Waals surface area contributed by atoms with E-state index in [1.807, 2.05) is 0 Å². The smallest absolute Gasteiger partial charge is 0.338 e. The standard InChI is InChI=1S/C19H21ClN2O5S/c1-12(2)22-28(25,26)17-9-7-16(8-10-17)21-18(23)13(3)27-19(24)14-5-4-6-15(20)11-14/h4-13,22H,1-3H3,(H,21,23)/t13-/m0/s1. The van der Waals surface area contributed by atoms with Crippen LogP contribution in [0.4, 0.5) is 5.69 Å². The summed E-state index contributed by atoms with van der Waals surface area (Å²) in [6.45, 7) is 4.87. The lowest BCUT2D eigenvalue weighted by Gasteiger charge is -2.14. The Labute approximate surface area is 169 Å². The summed E-state index contributed by atoms with van der Waals surface area (Å²) in [6, 6.07) is 11.6. The van der Waals surface area contributed by atoms with Crippen molar-refractivity contribution in [1.82, 2.24) is 4.72 Å². The maximum absolute atomic E-state index is 12.2. The number of carbonyl (C=O) groups excluding carboxylic acids is 2. The van der Waals surface area contributed by atoms with Gasteiger partial charge in [0.15, 0.2) is 6.10 Å². The quantitative estimate of drug-likeness (QED) is 0.664. The number of nitrogens with one attached hydrogen (secondary N) is 2. The zero-order valence-electron chi connectivity index (χ0n) is 15.6. The molecule has 2 aromatic rings. The van der Waals surface area contributed by atoms with Gasteiger partial charge in [0.05, 0.1) is 10.5 Å². The molecule has 0 saturated heterocycles. The Kier molecular flexibility index (Phi) is 7.17. The molecule has 9 heteroatoms. The summed E-state index contributed by atoms with van der Waals surface area (Å²) < 4.78 is 31.8. The fourth-order valence-corrected chi connectivity index (χ4v) is 3.68. The molecule has 1 amide bonds. The highest BCUT2D eigenvalue weighted by Gasteiger charge is 2.20. The van der Waals surface area contributed by atoms with Crippen LogP contribution in [-0.2, 0) is 19.6 Å². The monoisotopic (exact) mass is 424 g/mol. The van der Waals surface area contributed by atoms with Crippen molar-refractivity contribution in [3.8, 4) is 0 Å². The number of ether oxygens (including phenoxy) is 1. The Morgan fingerprint density at radius 3 is 2.25 bits per heavy atom. The van der Waals surface area contributed by atoms with Gasteiger partial charge < -0.3 is 10.1 Å². The first kappa shape index (κ1) is 21.9. The van der Waals surface area contributed by atoms with E-state index in [0.717, 1.165) is 0 Å². The Hall–Kier alpha value is -2.42. The molecule has 0 bridgehead atoms. The molecule has 2 N–H and O–H groups in total. The van der Waals surface area contributed by atoms with Gasteiger partial charge in [-0.2, -0.15) is 0 Å². The van der Waals surface area contributed by atoms with Crippen molar-refractivity contribution >= 4 is 39.2 Å². The third kappa shape index (κ3) is 6.05. The topological polar surface area (TPSA) is 102 Å². The normalized spacial score (nSPS) is 12.5. The van der Waals surface area contributed by atoms with E-state index in [1.165, 1.54) is 43.3 Å². The summed E-state index contributed by atoms with van der Waals surface area (Å²) >= 11 is 5.83. The number of benzene rings is 2. The van der Waals surface area contributed by atoms with Gasteiger partial charge in [0.25, 0.3) is 5.91 Å². The van der Waals surface area contributed by atoms with E-state index in [2.05, 4.69) is 10.0 Å². The van der Waals surface area contributed by atoms with Crippen LogP contribution in [0.5, 0.6) is 0 Å². The van der Waals surface area contributed by atoms with E-state index in [4.69, 9.17) is 16.3 Å². The van der Waals surface area contributed by atoms with Gasteiger partial charge in [0, 0.05) is 16.8 Å². The van der Waals surface area contributed by atoms with Crippen LogP contribution >= 0.6 is 11.6 Å². The van der Waals surface area contributed by atoms with Crippen molar-refractivity contribution in [3.05, 3.63) is 59.1 Å². The average molecular weight is 425 g/mol. The van der Waals surface area contributed by atoms with Crippen molar-refractivity contribution in [2.45, 2.75) is 37.8 Å². The summed E-state index contributed by atoms with van der Waals surface area (Å²) in [6.07, 6.45) is -1.06. The van der Waals surface area contributed by atoms with Crippen LogP contribution in [0.2, 0.25) is 5.02 Å². The SMILES string of the molecule is CC(C)NS(=O)(=O)c1ccc(NC(=O)[C@H](C)OC(=O)c2cccc(Cl)c2)cc1. The molecule has 0 aliphatic carbocycles. The van der Waals surface area contributed by atoms with Crippen molar-refractivity contribution < 1.29 is 22.7 Å². The molecule has 0 aromatic heterocycles. The molecule has 7 nitrogen and oxygen atoms in total. The number of rotatable bonds is 7. The Morgan fingerprint density at radius 2 is 1.68 bits per heavy atom. The first-order valence-corrected chi connectivity index (χ1v) is 10.3. The largest absolute Gasteiger partial charge is 0.449 e. The lowest BCUT2D eigenvalue weighted by atomic mass is 10.2. The second-order valence-corrected chi connectivity index (χ2v) is 8.50. The molecule has 28 heavy (non-hydrogen) atoms. The van der Waals surface area contributed by atoms with Gasteiger partial charge in [-0.25, -0.2) is 17.9 Å². The average Bonchev–Trinajstić information content (AvgIpc) is 2.61. The van der Waals surface area contributed by atoms with Crippen LogP contribution < -0.4 is 10.0 Å². The number of hydrogen-bond acceptors (Lipinski definition) is 5. The molecule has 1 atom stereocenters. The first-order valence-electron chi connectivity index (χ1n) is 8.48. The minimum absolute atomic E-state index is 0.0830. The minimum Gasteiger partial charge on any atom is -0.449 e. The first-order chi connectivity index (χ1) is 13.1. The number of esters is 1. The molecule has 2 rings (SSSR count). The number of hydrogen-bond donors (Lipinski definition) is 2. The van der Waals surface area contributed by atoms with Crippen molar-refractivity contribution in [2.24, 2.45) is 0 Å². The minimum atomic E-state index is -3.61. The Bertz CT molecular complexity index is 959. The summed E-state index contributed by atoms with van der Waals surface area (Å²) in [5.74, 6) is -1.22. The van der Waals surface area contributed by atoms with Crippen LogP contribution in [0.3, 0.4) is 0 Å². The highest BCUT2D eigenvalue weighted by Crippen LogP contribution is 2.16. The summed E-state index contributed by atoms with van der Waals surface area (Å²) in [4.78, 5) is 24.4. The summed E-state index contributed by atoms with van der Waals surface area (Å²) in [7, 11) is -3.61. The van der Waals surface area contributed by atoms with E-state index in [0.29, 0.717) is 10.7 Å². The van der Waals surface area contributed by atoms with E-state index >= 15 is 0 Å². The summed E-state index contributed by atoms with van der Waals surface area (Å²) in [5.41, 5.74) is 0.610. The lowest BCUT2D eigenvalue weighted by molar-refractivity contribution is -0.123. The van der Waals surface area contributed by atoms with Gasteiger partial charge in [0.1, 0.15) is 0 Å². The zero-order valence-corrected chi connectivity index (χ0v) is 17.2. The molecular weight excluding hydrogens is 404 g/mol. The van der Waals surface area contributed by atoms with Gasteiger partial charge in [0.2, 0.25) is 10.0 Å². The maximum Gasteiger partial charge on any atom is 0.338 e. The molecule has 0 spiro atoms. The molecule has 0 fully saturated rings. The van der Waals surface area contributed by atoms with E-state index in [-0.39, 0.29) is 16.5 Å². The number of carbonyl (C=O) groups is 2. The number of halogens is 1. The fourth-order valence-electron chi connectivity index (χ4n) is 2.24. The van der Waals surface area contributed by atoms with E-state index in [9.17, 15) is 18.0 Å². The number of anilines is 1.